The highest BCUT2D eigenvalue weighted by molar-refractivity contribution is 7.92. The van der Waals surface area contributed by atoms with Crippen molar-refractivity contribution in [1.82, 2.24) is 10.2 Å². The molecular weight excluding hydrogens is 386 g/mol. The first-order valence-electron chi connectivity index (χ1n) is 9.66. The van der Waals surface area contributed by atoms with Crippen LogP contribution in [0.3, 0.4) is 0 Å². The van der Waals surface area contributed by atoms with E-state index in [9.17, 15) is 13.2 Å². The molecule has 0 aliphatic carbocycles. The molecule has 6 nitrogen and oxygen atoms in total. The molecule has 1 atom stereocenters. The molecule has 1 amide bonds. The third-order valence-electron chi connectivity index (χ3n) is 4.94. The molecule has 0 aliphatic heterocycles. The zero-order chi connectivity index (χ0) is 21.8. The number of anilines is 1. The van der Waals surface area contributed by atoms with E-state index in [4.69, 9.17) is 0 Å². The van der Waals surface area contributed by atoms with Gasteiger partial charge in [0.1, 0.15) is 0 Å². The highest BCUT2D eigenvalue weighted by Gasteiger charge is 2.19. The van der Waals surface area contributed by atoms with Crippen LogP contribution < -0.4 is 10.0 Å². The Morgan fingerprint density at radius 1 is 1.03 bits per heavy atom. The van der Waals surface area contributed by atoms with Crippen LogP contribution >= 0.6 is 0 Å². The van der Waals surface area contributed by atoms with E-state index >= 15 is 0 Å². The van der Waals surface area contributed by atoms with Crippen LogP contribution in [0.1, 0.15) is 35.3 Å². The van der Waals surface area contributed by atoms with E-state index in [1.165, 1.54) is 0 Å². The number of carbonyl (C=O) groups is 1. The summed E-state index contributed by atoms with van der Waals surface area (Å²) in [5.41, 5.74) is 2.46. The smallest absolute Gasteiger partial charge is 0.262 e. The number of carbonyl (C=O) groups excluding carboxylic acids is 1. The maximum Gasteiger partial charge on any atom is 0.262 e. The molecule has 0 radical (unpaired) electrons. The number of amides is 1. The monoisotopic (exact) mass is 417 g/mol. The molecular formula is C22H31N3O3S. The first-order chi connectivity index (χ1) is 13.5. The summed E-state index contributed by atoms with van der Waals surface area (Å²) >= 11 is 0. The minimum Gasteiger partial charge on any atom is -0.350 e. The van der Waals surface area contributed by atoms with Gasteiger partial charge in [-0.3, -0.25) is 9.52 Å². The van der Waals surface area contributed by atoms with Gasteiger partial charge in [-0.2, -0.15) is 0 Å². The fourth-order valence-electron chi connectivity index (χ4n) is 3.21. The Kier molecular flexibility index (Phi) is 7.43. The fourth-order valence-corrected chi connectivity index (χ4v) is 4.60. The third kappa shape index (κ3) is 6.05. The average Bonchev–Trinajstić information content (AvgIpc) is 2.63. The summed E-state index contributed by atoms with van der Waals surface area (Å²) in [7, 11) is 0.291. The van der Waals surface area contributed by atoms with Crippen molar-refractivity contribution in [2.24, 2.45) is 5.92 Å². The van der Waals surface area contributed by atoms with Crippen molar-refractivity contribution in [3.8, 4) is 0 Å². The van der Waals surface area contributed by atoms with Crippen molar-refractivity contribution < 1.29 is 13.2 Å². The van der Waals surface area contributed by atoms with E-state index in [1.54, 1.807) is 43.3 Å². The van der Waals surface area contributed by atoms with Gasteiger partial charge in [-0.15, -0.1) is 0 Å². The molecule has 0 bridgehead atoms. The number of likely N-dealkylation sites (N-methyl/N-ethyl adjacent to an activating group) is 1. The van der Waals surface area contributed by atoms with Gasteiger partial charge in [0.2, 0.25) is 0 Å². The molecule has 0 fully saturated rings. The van der Waals surface area contributed by atoms with E-state index in [1.807, 2.05) is 27.1 Å². The molecule has 158 valence electrons. The fraction of sp³-hybridized carbons (Fsp3) is 0.409. The van der Waals surface area contributed by atoms with E-state index in [0.29, 0.717) is 29.3 Å². The predicted octanol–water partition coefficient (Wildman–Crippen LogP) is 3.42. The molecule has 0 saturated carbocycles. The molecule has 2 aromatic rings. The molecule has 2 N–H and O–H groups in total. The standard InChI is InChI=1S/C22H31N3O3S/c1-15(2)20(25(5)6)14-23-22(26)18-9-11-19(12-10-18)24-29(27,28)21-13-16(3)7-8-17(21)4/h7-13,15,20,24H,14H2,1-6H3,(H,23,26). The number of benzene rings is 2. The van der Waals surface area contributed by atoms with Crippen molar-refractivity contribution in [2.45, 2.75) is 38.6 Å². The predicted molar refractivity (Wildman–Crippen MR) is 118 cm³/mol. The lowest BCUT2D eigenvalue weighted by atomic mass is 10.0. The van der Waals surface area contributed by atoms with Crippen LogP contribution in [0.15, 0.2) is 47.4 Å². The molecule has 0 spiro atoms. The number of hydrogen-bond donors (Lipinski definition) is 2. The van der Waals surface area contributed by atoms with E-state index in [-0.39, 0.29) is 16.8 Å². The van der Waals surface area contributed by atoms with Gasteiger partial charge >= 0.3 is 0 Å². The van der Waals surface area contributed by atoms with Gasteiger partial charge in [0.05, 0.1) is 4.90 Å². The van der Waals surface area contributed by atoms with Gasteiger partial charge in [0.15, 0.2) is 0 Å². The Bertz CT molecular complexity index is 944. The maximum absolute atomic E-state index is 12.7. The topological polar surface area (TPSA) is 78.5 Å². The summed E-state index contributed by atoms with van der Waals surface area (Å²) < 4.78 is 28.0. The normalized spacial score (nSPS) is 12.8. The Labute approximate surface area is 174 Å². The first kappa shape index (κ1) is 22.9. The zero-order valence-corrected chi connectivity index (χ0v) is 18.8. The SMILES string of the molecule is Cc1ccc(C)c(S(=O)(=O)Nc2ccc(C(=O)NCC(C(C)C)N(C)C)cc2)c1. The molecule has 0 aliphatic rings. The number of hydrogen-bond acceptors (Lipinski definition) is 4. The lowest BCUT2D eigenvalue weighted by molar-refractivity contribution is 0.0934. The molecule has 2 aromatic carbocycles. The van der Waals surface area contributed by atoms with Crippen molar-refractivity contribution in [1.29, 1.82) is 0 Å². The third-order valence-corrected chi connectivity index (χ3v) is 6.46. The Morgan fingerprint density at radius 3 is 2.21 bits per heavy atom. The van der Waals surface area contributed by atoms with Gasteiger partial charge in [-0.25, -0.2) is 8.42 Å². The summed E-state index contributed by atoms with van der Waals surface area (Å²) in [5.74, 6) is 0.230. The van der Waals surface area contributed by atoms with Crippen molar-refractivity contribution >= 4 is 21.6 Å². The Balaban J connectivity index is 2.08. The van der Waals surface area contributed by atoms with Crippen molar-refractivity contribution in [3.63, 3.8) is 0 Å². The average molecular weight is 418 g/mol. The lowest BCUT2D eigenvalue weighted by Crippen LogP contribution is -2.43. The van der Waals surface area contributed by atoms with E-state index < -0.39 is 10.0 Å². The summed E-state index contributed by atoms with van der Waals surface area (Å²) in [6, 6.07) is 12.0. The number of nitrogens with zero attached hydrogens (tertiary/aromatic N) is 1. The van der Waals surface area contributed by atoms with Crippen molar-refractivity contribution in [3.05, 3.63) is 59.2 Å². The summed E-state index contributed by atoms with van der Waals surface area (Å²) in [6.45, 7) is 8.40. The van der Waals surface area contributed by atoms with Gasteiger partial charge in [-0.1, -0.05) is 26.0 Å². The van der Waals surface area contributed by atoms with Crippen molar-refractivity contribution in [2.75, 3.05) is 25.4 Å². The second-order valence-corrected chi connectivity index (χ2v) is 9.59. The molecule has 1 unspecified atom stereocenters. The zero-order valence-electron chi connectivity index (χ0n) is 18.0. The summed E-state index contributed by atoms with van der Waals surface area (Å²) in [6.07, 6.45) is 0. The highest BCUT2D eigenvalue weighted by Crippen LogP contribution is 2.21. The molecule has 0 saturated heterocycles. The highest BCUT2D eigenvalue weighted by atomic mass is 32.2. The lowest BCUT2D eigenvalue weighted by Gasteiger charge is -2.28. The van der Waals surface area contributed by atoms with Crippen LogP contribution in [-0.2, 0) is 10.0 Å². The van der Waals surface area contributed by atoms with E-state index in [2.05, 4.69) is 28.8 Å². The largest absolute Gasteiger partial charge is 0.350 e. The Morgan fingerprint density at radius 2 is 1.66 bits per heavy atom. The maximum atomic E-state index is 12.7. The minimum atomic E-state index is -3.70. The van der Waals surface area contributed by atoms with Gasteiger partial charge in [0, 0.05) is 23.8 Å². The van der Waals surface area contributed by atoms with E-state index in [0.717, 1.165) is 5.56 Å². The second-order valence-electron chi connectivity index (χ2n) is 7.94. The summed E-state index contributed by atoms with van der Waals surface area (Å²) in [5, 5.41) is 2.95. The number of sulfonamides is 1. The van der Waals surface area contributed by atoms with Gasteiger partial charge in [0.25, 0.3) is 15.9 Å². The number of aryl methyl sites for hydroxylation is 2. The van der Waals surface area contributed by atoms with Crippen LogP contribution in [0.25, 0.3) is 0 Å². The van der Waals surface area contributed by atoms with Crippen LogP contribution in [0.4, 0.5) is 5.69 Å². The molecule has 7 heteroatoms. The molecule has 0 aromatic heterocycles. The minimum absolute atomic E-state index is 0.179. The molecule has 2 rings (SSSR count). The Hall–Kier alpha value is -2.38. The van der Waals surface area contributed by atoms with Gasteiger partial charge in [-0.05, 0) is 75.3 Å². The van der Waals surface area contributed by atoms with Crippen LogP contribution in [-0.4, -0.2) is 45.9 Å². The molecule has 29 heavy (non-hydrogen) atoms. The van der Waals surface area contributed by atoms with Gasteiger partial charge < -0.3 is 10.2 Å². The second kappa shape index (κ2) is 9.41. The molecule has 0 heterocycles. The van der Waals surface area contributed by atoms with Crippen LogP contribution in [0.2, 0.25) is 0 Å². The van der Waals surface area contributed by atoms with Crippen LogP contribution in [0, 0.1) is 19.8 Å². The first-order valence-corrected chi connectivity index (χ1v) is 11.1. The number of nitrogens with one attached hydrogen (secondary N) is 2. The quantitative estimate of drug-likeness (QED) is 0.690. The summed E-state index contributed by atoms with van der Waals surface area (Å²) in [4.78, 5) is 14.8. The van der Waals surface area contributed by atoms with Crippen LogP contribution in [0.5, 0.6) is 0 Å². The number of rotatable bonds is 8.